The van der Waals surface area contributed by atoms with Gasteiger partial charge in [0, 0.05) is 32.2 Å². The molecular weight excluding hydrogens is 264 g/mol. The largest absolute Gasteiger partial charge is 0.385 e. The average Bonchev–Trinajstić information content (AvgIpc) is 2.74. The van der Waals surface area contributed by atoms with Crippen molar-refractivity contribution in [1.82, 2.24) is 5.32 Å². The first-order valence-corrected chi connectivity index (χ1v) is 7.17. The van der Waals surface area contributed by atoms with Crippen molar-refractivity contribution in [3.63, 3.8) is 0 Å². The summed E-state index contributed by atoms with van der Waals surface area (Å²) < 4.78 is 5.16. The van der Waals surface area contributed by atoms with Crippen molar-refractivity contribution < 1.29 is 9.53 Å². The molecule has 19 heavy (non-hydrogen) atoms. The van der Waals surface area contributed by atoms with Crippen LogP contribution in [0.5, 0.6) is 0 Å². The molecule has 0 saturated heterocycles. The lowest BCUT2D eigenvalue weighted by Gasteiger charge is -2.42. The fourth-order valence-corrected chi connectivity index (χ4v) is 3.18. The molecule has 1 amide bonds. The molecule has 2 aliphatic carbocycles. The third-order valence-electron chi connectivity index (χ3n) is 4.73. The van der Waals surface area contributed by atoms with Gasteiger partial charge in [0.2, 0.25) is 5.91 Å². The minimum atomic E-state index is 0. The average molecular weight is 291 g/mol. The molecule has 0 aromatic rings. The lowest BCUT2D eigenvalue weighted by atomic mass is 9.66. The van der Waals surface area contributed by atoms with Gasteiger partial charge in [0.15, 0.2) is 0 Å². The van der Waals surface area contributed by atoms with E-state index in [1.807, 2.05) is 0 Å². The van der Waals surface area contributed by atoms with Crippen LogP contribution in [0.15, 0.2) is 0 Å². The molecule has 0 radical (unpaired) electrons. The van der Waals surface area contributed by atoms with Crippen LogP contribution in [0, 0.1) is 11.3 Å². The van der Waals surface area contributed by atoms with E-state index in [4.69, 9.17) is 10.5 Å². The third-order valence-corrected chi connectivity index (χ3v) is 4.73. The monoisotopic (exact) mass is 290 g/mol. The van der Waals surface area contributed by atoms with Gasteiger partial charge in [-0.25, -0.2) is 0 Å². The van der Waals surface area contributed by atoms with Gasteiger partial charge in [-0.05, 0) is 43.9 Å². The Hall–Kier alpha value is -0.320. The Bertz CT molecular complexity index is 295. The zero-order valence-electron chi connectivity index (χ0n) is 11.8. The molecule has 0 aliphatic heterocycles. The van der Waals surface area contributed by atoms with Crippen molar-refractivity contribution in [2.75, 3.05) is 20.3 Å². The number of carbonyl (C=O) groups excluding carboxylic acids is 1. The molecule has 0 aromatic carbocycles. The van der Waals surface area contributed by atoms with Crippen molar-refractivity contribution >= 4 is 18.3 Å². The van der Waals surface area contributed by atoms with Gasteiger partial charge in [0.25, 0.3) is 0 Å². The molecule has 112 valence electrons. The van der Waals surface area contributed by atoms with Crippen LogP contribution in [0.25, 0.3) is 0 Å². The molecule has 0 spiro atoms. The van der Waals surface area contributed by atoms with Crippen LogP contribution in [0.4, 0.5) is 0 Å². The summed E-state index contributed by atoms with van der Waals surface area (Å²) in [6, 6.07) is 0.229. The standard InChI is InChI=1S/C14H26N2O2.ClH/c1-18-8-7-14(5-2-6-14)10-16-13(17)11-3-4-12(15)9-11;/h11-12H,2-10,15H2,1H3,(H,16,17);1H. The number of methoxy groups -OCH3 is 1. The highest BCUT2D eigenvalue weighted by Crippen LogP contribution is 2.43. The fraction of sp³-hybridized carbons (Fsp3) is 0.929. The van der Waals surface area contributed by atoms with Gasteiger partial charge >= 0.3 is 0 Å². The third kappa shape index (κ3) is 4.33. The van der Waals surface area contributed by atoms with Crippen LogP contribution in [0.3, 0.4) is 0 Å². The van der Waals surface area contributed by atoms with E-state index in [-0.39, 0.29) is 30.3 Å². The molecule has 4 nitrogen and oxygen atoms in total. The molecule has 0 bridgehead atoms. The van der Waals surface area contributed by atoms with Gasteiger partial charge in [-0.15, -0.1) is 12.4 Å². The van der Waals surface area contributed by atoms with Gasteiger partial charge in [-0.1, -0.05) is 6.42 Å². The lowest BCUT2D eigenvalue weighted by Crippen LogP contribution is -2.44. The van der Waals surface area contributed by atoms with Gasteiger partial charge in [0.05, 0.1) is 0 Å². The van der Waals surface area contributed by atoms with E-state index in [0.717, 1.165) is 38.8 Å². The summed E-state index contributed by atoms with van der Waals surface area (Å²) >= 11 is 0. The molecule has 0 heterocycles. The zero-order valence-corrected chi connectivity index (χ0v) is 12.6. The number of ether oxygens (including phenoxy) is 1. The molecule has 2 rings (SSSR count). The van der Waals surface area contributed by atoms with E-state index < -0.39 is 0 Å². The van der Waals surface area contributed by atoms with E-state index in [1.54, 1.807) is 7.11 Å². The number of nitrogens with two attached hydrogens (primary N) is 1. The van der Waals surface area contributed by atoms with Crippen LogP contribution in [-0.4, -0.2) is 32.2 Å². The number of amides is 1. The van der Waals surface area contributed by atoms with Gasteiger partial charge in [-0.3, -0.25) is 4.79 Å². The smallest absolute Gasteiger partial charge is 0.223 e. The summed E-state index contributed by atoms with van der Waals surface area (Å²) in [6.07, 6.45) is 7.60. The summed E-state index contributed by atoms with van der Waals surface area (Å²) in [6.45, 7) is 1.62. The van der Waals surface area contributed by atoms with E-state index in [2.05, 4.69) is 5.32 Å². The second-order valence-electron chi connectivity index (χ2n) is 6.08. The van der Waals surface area contributed by atoms with E-state index >= 15 is 0 Å². The summed E-state index contributed by atoms with van der Waals surface area (Å²) in [4.78, 5) is 12.1. The van der Waals surface area contributed by atoms with Crippen molar-refractivity contribution in [2.45, 2.75) is 51.0 Å². The molecule has 2 fully saturated rings. The molecule has 2 atom stereocenters. The van der Waals surface area contributed by atoms with Crippen LogP contribution in [0.2, 0.25) is 0 Å². The minimum absolute atomic E-state index is 0. The predicted octanol–water partition coefficient (Wildman–Crippen LogP) is 1.86. The predicted molar refractivity (Wildman–Crippen MR) is 78.4 cm³/mol. The summed E-state index contributed by atoms with van der Waals surface area (Å²) in [5.74, 6) is 0.367. The normalized spacial score (nSPS) is 28.3. The Morgan fingerprint density at radius 3 is 2.63 bits per heavy atom. The lowest BCUT2D eigenvalue weighted by molar-refractivity contribution is -0.125. The first kappa shape index (κ1) is 16.7. The summed E-state index contributed by atoms with van der Waals surface area (Å²) in [5, 5.41) is 3.15. The molecule has 2 aliphatic rings. The van der Waals surface area contributed by atoms with Crippen LogP contribution < -0.4 is 11.1 Å². The maximum Gasteiger partial charge on any atom is 0.223 e. The minimum Gasteiger partial charge on any atom is -0.385 e. The highest BCUT2D eigenvalue weighted by atomic mass is 35.5. The first-order chi connectivity index (χ1) is 8.65. The number of nitrogens with one attached hydrogen (secondary N) is 1. The van der Waals surface area contributed by atoms with Gasteiger partial charge < -0.3 is 15.8 Å². The highest BCUT2D eigenvalue weighted by molar-refractivity contribution is 5.85. The van der Waals surface area contributed by atoms with Crippen molar-refractivity contribution in [3.8, 4) is 0 Å². The molecule has 2 unspecified atom stereocenters. The molecule has 2 saturated carbocycles. The van der Waals surface area contributed by atoms with E-state index in [9.17, 15) is 4.79 Å². The Morgan fingerprint density at radius 1 is 1.42 bits per heavy atom. The number of carbonyl (C=O) groups is 1. The maximum atomic E-state index is 12.1. The molecular formula is C14H27ClN2O2. The molecule has 5 heteroatoms. The second-order valence-corrected chi connectivity index (χ2v) is 6.08. The Labute approximate surface area is 122 Å². The van der Waals surface area contributed by atoms with Crippen molar-refractivity contribution in [3.05, 3.63) is 0 Å². The van der Waals surface area contributed by atoms with E-state index in [0.29, 0.717) is 5.41 Å². The number of rotatable bonds is 6. The van der Waals surface area contributed by atoms with Crippen molar-refractivity contribution in [2.24, 2.45) is 17.1 Å². The highest BCUT2D eigenvalue weighted by Gasteiger charge is 2.37. The topological polar surface area (TPSA) is 64.3 Å². The number of hydrogen-bond acceptors (Lipinski definition) is 3. The Kier molecular flexibility index (Phi) is 6.57. The maximum absolute atomic E-state index is 12.1. The number of halogens is 1. The summed E-state index contributed by atoms with van der Waals surface area (Å²) in [5.41, 5.74) is 6.16. The van der Waals surface area contributed by atoms with Crippen LogP contribution >= 0.6 is 12.4 Å². The van der Waals surface area contributed by atoms with Gasteiger partial charge in [-0.2, -0.15) is 0 Å². The number of hydrogen-bond donors (Lipinski definition) is 2. The first-order valence-electron chi connectivity index (χ1n) is 7.17. The molecule has 3 N–H and O–H groups in total. The van der Waals surface area contributed by atoms with Crippen molar-refractivity contribution in [1.29, 1.82) is 0 Å². The Balaban J connectivity index is 0.00000180. The van der Waals surface area contributed by atoms with Crippen LogP contribution in [-0.2, 0) is 9.53 Å². The summed E-state index contributed by atoms with van der Waals surface area (Å²) in [7, 11) is 1.74. The van der Waals surface area contributed by atoms with Crippen LogP contribution in [0.1, 0.15) is 44.9 Å². The quantitative estimate of drug-likeness (QED) is 0.785. The zero-order chi connectivity index (χ0) is 13.0. The second kappa shape index (κ2) is 7.46. The SMILES string of the molecule is COCCC1(CNC(=O)C2CCC(N)C2)CCC1.Cl. The van der Waals surface area contributed by atoms with Gasteiger partial charge in [0.1, 0.15) is 0 Å². The van der Waals surface area contributed by atoms with E-state index in [1.165, 1.54) is 19.3 Å². The fourth-order valence-electron chi connectivity index (χ4n) is 3.18. The Morgan fingerprint density at radius 2 is 2.16 bits per heavy atom. The molecule has 0 aromatic heterocycles.